The van der Waals surface area contributed by atoms with Crippen molar-refractivity contribution >= 4 is 45.3 Å². The minimum Gasteiger partial charge on any atom is -0.330 e. The van der Waals surface area contributed by atoms with Gasteiger partial charge >= 0.3 is 0 Å². The molecule has 23 heavy (non-hydrogen) atoms. The zero-order valence-corrected chi connectivity index (χ0v) is 15.7. The second-order valence-electron chi connectivity index (χ2n) is 5.42. The van der Waals surface area contributed by atoms with Gasteiger partial charge in [0.25, 0.3) is 0 Å². The van der Waals surface area contributed by atoms with Crippen molar-refractivity contribution in [2.75, 3.05) is 5.32 Å². The van der Waals surface area contributed by atoms with Crippen LogP contribution >= 0.6 is 34.4 Å². The highest BCUT2D eigenvalue weighted by molar-refractivity contribution is 8.00. The molecule has 0 unspecified atom stereocenters. The third-order valence-electron chi connectivity index (χ3n) is 3.25. The van der Waals surface area contributed by atoms with Crippen LogP contribution in [-0.4, -0.2) is 15.2 Å². The number of nitrogens with zero attached hydrogens (tertiary/aromatic N) is 3. The summed E-state index contributed by atoms with van der Waals surface area (Å²) in [5.41, 5.74) is 3.48. The molecule has 1 N–H and O–H groups in total. The van der Waals surface area contributed by atoms with E-state index in [1.165, 1.54) is 5.56 Å². The molecule has 3 aromatic rings. The maximum absolute atomic E-state index is 4.46. The zero-order valence-electron chi connectivity index (χ0n) is 13.2. The molecule has 0 atom stereocenters. The first kappa shape index (κ1) is 16.4. The van der Waals surface area contributed by atoms with Crippen molar-refractivity contribution in [3.05, 3.63) is 45.9 Å². The van der Waals surface area contributed by atoms with Crippen molar-refractivity contribution in [1.29, 1.82) is 0 Å². The number of hydrogen-bond acceptors (Lipinski definition) is 7. The van der Waals surface area contributed by atoms with Crippen LogP contribution in [0.15, 0.2) is 34.0 Å². The van der Waals surface area contributed by atoms with E-state index in [0.717, 1.165) is 31.6 Å². The summed E-state index contributed by atoms with van der Waals surface area (Å²) < 4.78 is 0.956. The summed E-state index contributed by atoms with van der Waals surface area (Å²) in [5, 5.41) is 15.8. The molecule has 0 radical (unpaired) electrons. The molecule has 2 aromatic heterocycles. The van der Waals surface area contributed by atoms with Crippen molar-refractivity contribution in [3.63, 3.8) is 0 Å². The molecule has 0 aliphatic carbocycles. The van der Waals surface area contributed by atoms with Gasteiger partial charge in [-0.05, 0) is 30.5 Å². The normalized spacial score (nSPS) is 11.1. The minimum absolute atomic E-state index is 0.544. The Balaban J connectivity index is 1.58. The number of hydrogen-bond donors (Lipinski definition) is 1. The van der Waals surface area contributed by atoms with Crippen LogP contribution in [0, 0.1) is 6.92 Å². The van der Waals surface area contributed by atoms with Gasteiger partial charge < -0.3 is 5.32 Å². The van der Waals surface area contributed by atoms with Crippen molar-refractivity contribution in [1.82, 2.24) is 15.2 Å². The lowest BCUT2D eigenvalue weighted by Gasteiger charge is -2.06. The molecule has 3 rings (SSSR count). The Morgan fingerprint density at radius 3 is 2.61 bits per heavy atom. The summed E-state index contributed by atoms with van der Waals surface area (Å²) in [6.07, 6.45) is 0. The number of aryl methyl sites for hydroxylation is 1. The first-order chi connectivity index (χ1) is 11.1. The molecule has 1 aromatic carbocycles. The van der Waals surface area contributed by atoms with E-state index in [9.17, 15) is 0 Å². The largest absolute Gasteiger partial charge is 0.330 e. The van der Waals surface area contributed by atoms with Crippen LogP contribution in [0.2, 0.25) is 0 Å². The van der Waals surface area contributed by atoms with Gasteiger partial charge in [-0.15, -0.1) is 21.5 Å². The number of anilines is 2. The molecule has 4 nitrogen and oxygen atoms in total. The minimum atomic E-state index is 0.544. The van der Waals surface area contributed by atoms with Crippen molar-refractivity contribution in [3.8, 4) is 0 Å². The van der Waals surface area contributed by atoms with Gasteiger partial charge in [-0.3, -0.25) is 0 Å². The highest BCUT2D eigenvalue weighted by Gasteiger charge is 2.07. The molecule has 0 fully saturated rings. The van der Waals surface area contributed by atoms with E-state index in [2.05, 4.69) is 64.0 Å². The lowest BCUT2D eigenvalue weighted by molar-refractivity contribution is 0.867. The third-order valence-corrected chi connectivity index (χ3v) is 6.07. The van der Waals surface area contributed by atoms with E-state index in [4.69, 9.17) is 0 Å². The van der Waals surface area contributed by atoms with Crippen molar-refractivity contribution in [2.24, 2.45) is 0 Å². The molecule has 0 aliphatic rings. The highest BCUT2D eigenvalue weighted by Crippen LogP contribution is 2.30. The van der Waals surface area contributed by atoms with E-state index in [1.807, 2.05) is 6.92 Å². The number of thiazole rings is 1. The predicted molar refractivity (Wildman–Crippen MR) is 100 cm³/mol. The maximum atomic E-state index is 4.46. The van der Waals surface area contributed by atoms with Crippen LogP contribution < -0.4 is 5.32 Å². The van der Waals surface area contributed by atoms with E-state index in [-0.39, 0.29) is 0 Å². The van der Waals surface area contributed by atoms with Crippen LogP contribution in [0.4, 0.5) is 10.8 Å². The van der Waals surface area contributed by atoms with Gasteiger partial charge in [0.2, 0.25) is 5.13 Å². The van der Waals surface area contributed by atoms with Gasteiger partial charge in [-0.2, -0.15) is 0 Å². The van der Waals surface area contributed by atoms with Gasteiger partial charge in [-0.25, -0.2) is 4.98 Å². The molecular formula is C16H18N4S3. The van der Waals surface area contributed by atoms with Crippen LogP contribution in [0.25, 0.3) is 0 Å². The summed E-state index contributed by atoms with van der Waals surface area (Å²) in [7, 11) is 0. The fourth-order valence-electron chi connectivity index (χ4n) is 2.00. The summed E-state index contributed by atoms with van der Waals surface area (Å²) in [6.45, 7) is 6.41. The molecule has 0 amide bonds. The lowest BCUT2D eigenvalue weighted by Crippen LogP contribution is -1.91. The Labute approximate surface area is 148 Å². The fourth-order valence-corrected chi connectivity index (χ4v) is 4.39. The first-order valence-electron chi connectivity index (χ1n) is 7.34. The van der Waals surface area contributed by atoms with E-state index in [1.54, 1.807) is 34.4 Å². The number of nitrogens with one attached hydrogen (secondary N) is 1. The summed E-state index contributed by atoms with van der Waals surface area (Å²) in [5.74, 6) is 1.38. The lowest BCUT2D eigenvalue weighted by atomic mass is 10.0. The van der Waals surface area contributed by atoms with Crippen LogP contribution in [0.3, 0.4) is 0 Å². The molecule has 0 bridgehead atoms. The molecule has 120 valence electrons. The van der Waals surface area contributed by atoms with Gasteiger partial charge in [0, 0.05) is 16.8 Å². The standard InChI is InChI=1S/C16H18N4S3/c1-10(2)12-4-6-13(7-5-12)18-15-19-20-16(23-15)22-9-14-8-21-11(3)17-14/h4-8,10H,9H2,1-3H3,(H,18,19). The van der Waals surface area contributed by atoms with Gasteiger partial charge in [0.15, 0.2) is 4.34 Å². The Bertz CT molecular complexity index is 762. The number of thioether (sulfide) groups is 1. The smallest absolute Gasteiger partial charge is 0.210 e. The number of benzene rings is 1. The topological polar surface area (TPSA) is 50.7 Å². The Kier molecular flexibility index (Phi) is 5.30. The Hall–Kier alpha value is -1.44. The summed E-state index contributed by atoms with van der Waals surface area (Å²) in [6, 6.07) is 8.46. The Morgan fingerprint density at radius 1 is 1.17 bits per heavy atom. The molecular weight excluding hydrogens is 344 g/mol. The monoisotopic (exact) mass is 362 g/mol. The van der Waals surface area contributed by atoms with E-state index >= 15 is 0 Å². The molecule has 0 saturated heterocycles. The second kappa shape index (κ2) is 7.42. The molecule has 0 saturated carbocycles. The third kappa shape index (κ3) is 4.53. The van der Waals surface area contributed by atoms with Crippen molar-refractivity contribution in [2.45, 2.75) is 36.8 Å². The first-order valence-corrected chi connectivity index (χ1v) is 10.0. The van der Waals surface area contributed by atoms with Crippen LogP contribution in [-0.2, 0) is 5.75 Å². The average Bonchev–Trinajstić information content (AvgIpc) is 3.15. The molecule has 0 spiro atoms. The Morgan fingerprint density at radius 2 is 1.96 bits per heavy atom. The summed E-state index contributed by atoms with van der Waals surface area (Å²) in [4.78, 5) is 4.46. The molecule has 7 heteroatoms. The molecule has 0 aliphatic heterocycles. The van der Waals surface area contributed by atoms with Crippen LogP contribution in [0.5, 0.6) is 0 Å². The predicted octanol–water partition coefficient (Wildman–Crippen LogP) is 5.46. The SMILES string of the molecule is Cc1nc(CSc2nnc(Nc3ccc(C(C)C)cc3)s2)cs1. The van der Waals surface area contributed by atoms with Crippen molar-refractivity contribution < 1.29 is 0 Å². The quantitative estimate of drug-likeness (QED) is 0.590. The maximum Gasteiger partial charge on any atom is 0.210 e. The second-order valence-corrected chi connectivity index (χ2v) is 8.68. The number of rotatable bonds is 6. The van der Waals surface area contributed by atoms with E-state index in [0.29, 0.717) is 5.92 Å². The highest BCUT2D eigenvalue weighted by atomic mass is 32.2. The fraction of sp³-hybridized carbons (Fsp3) is 0.312. The molecule has 2 heterocycles. The van der Waals surface area contributed by atoms with Gasteiger partial charge in [-0.1, -0.05) is 49.1 Å². The van der Waals surface area contributed by atoms with Crippen LogP contribution in [0.1, 0.15) is 36.0 Å². The average molecular weight is 363 g/mol. The van der Waals surface area contributed by atoms with Gasteiger partial charge in [0.1, 0.15) is 0 Å². The summed E-state index contributed by atoms with van der Waals surface area (Å²) >= 11 is 4.92. The zero-order chi connectivity index (χ0) is 16.2. The van der Waals surface area contributed by atoms with Gasteiger partial charge in [0.05, 0.1) is 10.7 Å². The van der Waals surface area contributed by atoms with E-state index < -0.39 is 0 Å². The number of aromatic nitrogens is 3.